The first-order valence-electron chi connectivity index (χ1n) is 6.78. The van der Waals surface area contributed by atoms with Gasteiger partial charge in [0.05, 0.1) is 10.5 Å². The van der Waals surface area contributed by atoms with Crippen LogP contribution in [0, 0.1) is 0 Å². The molecule has 0 unspecified atom stereocenters. The van der Waals surface area contributed by atoms with E-state index in [2.05, 4.69) is 4.72 Å². The van der Waals surface area contributed by atoms with Crippen LogP contribution in [0.15, 0.2) is 23.1 Å². The zero-order valence-electron chi connectivity index (χ0n) is 11.8. The SMILES string of the molecule is CCCCCNS(=O)(=O)c1cc(C(=O)O)ccc1CC. The minimum absolute atomic E-state index is 0.0175. The van der Waals surface area contributed by atoms with Gasteiger partial charge in [0.25, 0.3) is 0 Å². The minimum Gasteiger partial charge on any atom is -0.478 e. The quantitative estimate of drug-likeness (QED) is 0.722. The molecule has 5 nitrogen and oxygen atoms in total. The van der Waals surface area contributed by atoms with Gasteiger partial charge in [0.15, 0.2) is 0 Å². The minimum atomic E-state index is -3.65. The van der Waals surface area contributed by atoms with E-state index in [-0.39, 0.29) is 10.5 Å². The molecule has 0 radical (unpaired) electrons. The Bertz CT molecular complexity index is 567. The van der Waals surface area contributed by atoms with Crippen molar-refractivity contribution in [3.8, 4) is 0 Å². The van der Waals surface area contributed by atoms with Gasteiger partial charge < -0.3 is 5.11 Å². The number of benzene rings is 1. The summed E-state index contributed by atoms with van der Waals surface area (Å²) in [5.74, 6) is -1.13. The largest absolute Gasteiger partial charge is 0.478 e. The topological polar surface area (TPSA) is 83.5 Å². The summed E-state index contributed by atoms with van der Waals surface area (Å²) < 4.78 is 27.0. The van der Waals surface area contributed by atoms with Crippen molar-refractivity contribution in [2.45, 2.75) is 44.4 Å². The van der Waals surface area contributed by atoms with Crippen LogP contribution in [0.3, 0.4) is 0 Å². The van der Waals surface area contributed by atoms with E-state index in [1.807, 2.05) is 13.8 Å². The summed E-state index contributed by atoms with van der Waals surface area (Å²) >= 11 is 0. The van der Waals surface area contributed by atoms with Crippen molar-refractivity contribution in [2.75, 3.05) is 6.54 Å². The van der Waals surface area contributed by atoms with E-state index in [4.69, 9.17) is 5.11 Å². The maximum absolute atomic E-state index is 12.2. The molecule has 0 bridgehead atoms. The van der Waals surface area contributed by atoms with Crippen LogP contribution in [0.1, 0.15) is 49.0 Å². The van der Waals surface area contributed by atoms with Gasteiger partial charge in [-0.1, -0.05) is 32.8 Å². The van der Waals surface area contributed by atoms with Crippen LogP contribution in [0.4, 0.5) is 0 Å². The van der Waals surface area contributed by atoms with Gasteiger partial charge in [-0.2, -0.15) is 0 Å². The predicted octanol–water partition coefficient (Wildman–Crippen LogP) is 2.42. The lowest BCUT2D eigenvalue weighted by atomic mass is 10.1. The molecule has 0 saturated carbocycles. The monoisotopic (exact) mass is 299 g/mol. The molecule has 1 aromatic carbocycles. The van der Waals surface area contributed by atoms with Crippen LogP contribution in [-0.4, -0.2) is 26.0 Å². The Kier molecular flexibility index (Phi) is 6.16. The Hall–Kier alpha value is -1.40. The summed E-state index contributed by atoms with van der Waals surface area (Å²) in [5.41, 5.74) is 0.606. The van der Waals surface area contributed by atoms with Crippen LogP contribution in [0.5, 0.6) is 0 Å². The zero-order valence-corrected chi connectivity index (χ0v) is 12.7. The van der Waals surface area contributed by atoms with Crippen LogP contribution < -0.4 is 4.72 Å². The molecule has 20 heavy (non-hydrogen) atoms. The second-order valence-corrected chi connectivity index (χ2v) is 6.32. The van der Waals surface area contributed by atoms with Gasteiger partial charge in [0.2, 0.25) is 10.0 Å². The first kappa shape index (κ1) is 16.7. The predicted molar refractivity (Wildman–Crippen MR) is 77.5 cm³/mol. The average molecular weight is 299 g/mol. The van der Waals surface area contributed by atoms with Crippen molar-refractivity contribution in [3.05, 3.63) is 29.3 Å². The van der Waals surface area contributed by atoms with E-state index in [9.17, 15) is 13.2 Å². The van der Waals surface area contributed by atoms with E-state index >= 15 is 0 Å². The first-order valence-corrected chi connectivity index (χ1v) is 8.26. The number of carboxylic acids is 1. The highest BCUT2D eigenvalue weighted by atomic mass is 32.2. The van der Waals surface area contributed by atoms with Crippen molar-refractivity contribution in [1.82, 2.24) is 4.72 Å². The summed E-state index contributed by atoms with van der Waals surface area (Å²) in [6.45, 7) is 4.25. The molecule has 0 aromatic heterocycles. The van der Waals surface area contributed by atoms with Gasteiger partial charge >= 0.3 is 5.97 Å². The highest BCUT2D eigenvalue weighted by Crippen LogP contribution is 2.18. The molecule has 0 atom stereocenters. The molecule has 2 N–H and O–H groups in total. The van der Waals surface area contributed by atoms with E-state index in [1.165, 1.54) is 12.1 Å². The smallest absolute Gasteiger partial charge is 0.335 e. The molecule has 0 aliphatic rings. The molecular formula is C14H21NO4S. The molecule has 0 saturated heterocycles. The number of unbranched alkanes of at least 4 members (excludes halogenated alkanes) is 2. The van der Waals surface area contributed by atoms with Crippen molar-refractivity contribution >= 4 is 16.0 Å². The third-order valence-corrected chi connectivity index (χ3v) is 4.60. The summed E-state index contributed by atoms with van der Waals surface area (Å²) in [4.78, 5) is 11.0. The summed E-state index contributed by atoms with van der Waals surface area (Å²) in [7, 11) is -3.65. The van der Waals surface area contributed by atoms with Gasteiger partial charge in [0, 0.05) is 6.54 Å². The first-order chi connectivity index (χ1) is 9.42. The number of hydrogen-bond acceptors (Lipinski definition) is 3. The molecule has 112 valence electrons. The van der Waals surface area contributed by atoms with Crippen molar-refractivity contribution < 1.29 is 18.3 Å². The van der Waals surface area contributed by atoms with Gasteiger partial charge in [-0.05, 0) is 30.5 Å². The van der Waals surface area contributed by atoms with E-state index in [0.29, 0.717) is 18.5 Å². The van der Waals surface area contributed by atoms with Crippen molar-refractivity contribution in [1.29, 1.82) is 0 Å². The number of sulfonamides is 1. The van der Waals surface area contributed by atoms with Gasteiger partial charge in [-0.15, -0.1) is 0 Å². The maximum Gasteiger partial charge on any atom is 0.335 e. The molecule has 0 aliphatic heterocycles. The highest BCUT2D eigenvalue weighted by molar-refractivity contribution is 7.89. The molecular weight excluding hydrogens is 278 g/mol. The number of aryl methyl sites for hydroxylation is 1. The summed E-state index contributed by atoms with van der Waals surface area (Å²) in [6.07, 6.45) is 3.27. The number of carboxylic acid groups (broad SMARTS) is 1. The molecule has 0 spiro atoms. The number of hydrogen-bond donors (Lipinski definition) is 2. The number of nitrogens with one attached hydrogen (secondary N) is 1. The molecule has 0 aliphatic carbocycles. The van der Waals surface area contributed by atoms with Gasteiger partial charge in [0.1, 0.15) is 0 Å². The van der Waals surface area contributed by atoms with Crippen molar-refractivity contribution in [3.63, 3.8) is 0 Å². The molecule has 6 heteroatoms. The molecule has 0 heterocycles. The Balaban J connectivity index is 3.02. The van der Waals surface area contributed by atoms with Gasteiger partial charge in [-0.25, -0.2) is 17.9 Å². The number of carbonyl (C=O) groups is 1. The third kappa shape index (κ3) is 4.31. The molecule has 1 rings (SSSR count). The number of aromatic carboxylic acids is 1. The third-order valence-electron chi connectivity index (χ3n) is 3.06. The second-order valence-electron chi connectivity index (χ2n) is 4.59. The Morgan fingerprint density at radius 1 is 1.25 bits per heavy atom. The zero-order chi connectivity index (χ0) is 15.2. The van der Waals surface area contributed by atoms with E-state index in [0.717, 1.165) is 19.3 Å². The van der Waals surface area contributed by atoms with Crippen LogP contribution in [0.25, 0.3) is 0 Å². The van der Waals surface area contributed by atoms with Gasteiger partial charge in [-0.3, -0.25) is 0 Å². The fourth-order valence-corrected chi connectivity index (χ4v) is 3.30. The summed E-state index contributed by atoms with van der Waals surface area (Å²) in [5, 5.41) is 8.97. The Morgan fingerprint density at radius 2 is 1.95 bits per heavy atom. The van der Waals surface area contributed by atoms with E-state index < -0.39 is 16.0 Å². The summed E-state index contributed by atoms with van der Waals surface area (Å²) in [6, 6.07) is 4.21. The Morgan fingerprint density at radius 3 is 2.50 bits per heavy atom. The fraction of sp³-hybridized carbons (Fsp3) is 0.500. The standard InChI is InChI=1S/C14H21NO4S/c1-3-5-6-9-15-20(18,19)13-10-12(14(16)17)8-7-11(13)4-2/h7-8,10,15H,3-6,9H2,1-2H3,(H,16,17). The van der Waals surface area contributed by atoms with Crippen LogP contribution >= 0.6 is 0 Å². The lowest BCUT2D eigenvalue weighted by Gasteiger charge is -2.11. The molecule has 1 aromatic rings. The molecule has 0 fully saturated rings. The maximum atomic E-state index is 12.2. The second kappa shape index (κ2) is 7.40. The lowest BCUT2D eigenvalue weighted by molar-refractivity contribution is 0.0696. The highest BCUT2D eigenvalue weighted by Gasteiger charge is 2.19. The van der Waals surface area contributed by atoms with Crippen LogP contribution in [-0.2, 0) is 16.4 Å². The van der Waals surface area contributed by atoms with Crippen molar-refractivity contribution in [2.24, 2.45) is 0 Å². The fourth-order valence-electron chi connectivity index (χ4n) is 1.89. The van der Waals surface area contributed by atoms with E-state index in [1.54, 1.807) is 6.07 Å². The Labute approximate surface area is 120 Å². The van der Waals surface area contributed by atoms with Crippen LogP contribution in [0.2, 0.25) is 0 Å². The number of rotatable bonds is 8. The normalized spacial score (nSPS) is 11.5. The average Bonchev–Trinajstić information content (AvgIpc) is 2.42. The lowest BCUT2D eigenvalue weighted by Crippen LogP contribution is -2.26. The molecule has 0 amide bonds.